The molecule has 0 unspecified atom stereocenters. The van der Waals surface area contributed by atoms with Crippen molar-refractivity contribution in [3.8, 4) is 11.5 Å². The second-order valence-electron chi connectivity index (χ2n) is 5.69. The molecular weight excluding hydrogens is 284 g/mol. The number of nitrogens with two attached hydrogens (primary N) is 1. The number of carbonyl (C=O) groups is 1. The SMILES string of the molecule is COc1ccc(NC(N)=NCC(=O)NC(C)(C)C)cc1OC. The van der Waals surface area contributed by atoms with Crippen molar-refractivity contribution in [2.24, 2.45) is 10.7 Å². The van der Waals surface area contributed by atoms with E-state index in [1.165, 1.54) is 0 Å². The minimum atomic E-state index is -0.294. The van der Waals surface area contributed by atoms with Gasteiger partial charge in [0.05, 0.1) is 14.2 Å². The highest BCUT2D eigenvalue weighted by Gasteiger charge is 2.13. The van der Waals surface area contributed by atoms with Crippen molar-refractivity contribution in [2.45, 2.75) is 26.3 Å². The second-order valence-corrected chi connectivity index (χ2v) is 5.69. The first-order valence-corrected chi connectivity index (χ1v) is 6.85. The Labute approximate surface area is 130 Å². The fourth-order valence-electron chi connectivity index (χ4n) is 1.72. The lowest BCUT2D eigenvalue weighted by Crippen LogP contribution is -2.42. The zero-order valence-electron chi connectivity index (χ0n) is 13.7. The van der Waals surface area contributed by atoms with Gasteiger partial charge in [0.1, 0.15) is 6.54 Å². The molecule has 0 heterocycles. The number of anilines is 1. The number of benzene rings is 1. The predicted molar refractivity (Wildman–Crippen MR) is 87.6 cm³/mol. The molecule has 0 fully saturated rings. The van der Waals surface area contributed by atoms with Gasteiger partial charge < -0.3 is 25.8 Å². The van der Waals surface area contributed by atoms with E-state index in [4.69, 9.17) is 15.2 Å². The maximum Gasteiger partial charge on any atom is 0.242 e. The highest BCUT2D eigenvalue weighted by molar-refractivity contribution is 5.94. The van der Waals surface area contributed by atoms with Crippen LogP contribution in [-0.2, 0) is 4.79 Å². The van der Waals surface area contributed by atoms with Crippen LogP contribution >= 0.6 is 0 Å². The van der Waals surface area contributed by atoms with Crippen LogP contribution in [-0.4, -0.2) is 38.2 Å². The van der Waals surface area contributed by atoms with Crippen LogP contribution in [0.2, 0.25) is 0 Å². The summed E-state index contributed by atoms with van der Waals surface area (Å²) < 4.78 is 10.4. The molecule has 122 valence electrons. The molecule has 0 aliphatic rings. The molecule has 7 heteroatoms. The van der Waals surface area contributed by atoms with Crippen molar-refractivity contribution in [3.05, 3.63) is 18.2 Å². The third-order valence-electron chi connectivity index (χ3n) is 2.56. The van der Waals surface area contributed by atoms with Gasteiger partial charge in [-0.2, -0.15) is 0 Å². The number of rotatable bonds is 5. The lowest BCUT2D eigenvalue weighted by Gasteiger charge is -2.19. The summed E-state index contributed by atoms with van der Waals surface area (Å²) in [5, 5.41) is 5.70. The smallest absolute Gasteiger partial charge is 0.242 e. The third-order valence-corrected chi connectivity index (χ3v) is 2.56. The quantitative estimate of drug-likeness (QED) is 0.563. The number of hydrogen-bond donors (Lipinski definition) is 3. The summed E-state index contributed by atoms with van der Waals surface area (Å²) in [5.74, 6) is 1.15. The molecule has 0 aliphatic heterocycles. The van der Waals surface area contributed by atoms with Gasteiger partial charge in [-0.05, 0) is 32.9 Å². The molecule has 0 radical (unpaired) electrons. The van der Waals surface area contributed by atoms with Crippen LogP contribution in [0.4, 0.5) is 5.69 Å². The minimum Gasteiger partial charge on any atom is -0.493 e. The maximum absolute atomic E-state index is 11.7. The molecule has 0 spiro atoms. The second kappa shape index (κ2) is 7.53. The molecule has 1 amide bonds. The van der Waals surface area contributed by atoms with Crippen molar-refractivity contribution in [2.75, 3.05) is 26.1 Å². The van der Waals surface area contributed by atoms with E-state index in [-0.39, 0.29) is 24.0 Å². The Morgan fingerprint density at radius 1 is 1.23 bits per heavy atom. The lowest BCUT2D eigenvalue weighted by molar-refractivity contribution is -0.121. The number of hydrogen-bond acceptors (Lipinski definition) is 4. The third kappa shape index (κ3) is 5.90. The molecular formula is C15H24N4O3. The standard InChI is InChI=1S/C15H24N4O3/c1-15(2,3)19-13(20)9-17-14(16)18-10-6-7-11(21-4)12(8-10)22-5/h6-8H,9H2,1-5H3,(H,19,20)(H3,16,17,18). The number of nitrogens with one attached hydrogen (secondary N) is 2. The summed E-state index contributed by atoms with van der Waals surface area (Å²) in [4.78, 5) is 15.7. The zero-order valence-corrected chi connectivity index (χ0v) is 13.7. The zero-order chi connectivity index (χ0) is 16.8. The van der Waals surface area contributed by atoms with Gasteiger partial charge in [0.2, 0.25) is 5.91 Å². The molecule has 4 N–H and O–H groups in total. The molecule has 0 atom stereocenters. The lowest BCUT2D eigenvalue weighted by atomic mass is 10.1. The van der Waals surface area contributed by atoms with Gasteiger partial charge in [0.25, 0.3) is 0 Å². The summed E-state index contributed by atoms with van der Waals surface area (Å²) in [5.41, 5.74) is 6.16. The maximum atomic E-state index is 11.7. The molecule has 0 bridgehead atoms. The Hall–Kier alpha value is -2.44. The molecule has 1 aromatic rings. The number of amides is 1. The van der Waals surface area contributed by atoms with Crippen LogP contribution in [0.1, 0.15) is 20.8 Å². The van der Waals surface area contributed by atoms with Gasteiger partial charge in [0.15, 0.2) is 17.5 Å². The van der Waals surface area contributed by atoms with E-state index in [2.05, 4.69) is 15.6 Å². The van der Waals surface area contributed by atoms with Crippen LogP contribution in [0, 0.1) is 0 Å². The molecule has 0 aromatic heterocycles. The number of methoxy groups -OCH3 is 2. The number of guanidine groups is 1. The van der Waals surface area contributed by atoms with E-state index in [1.807, 2.05) is 20.8 Å². The van der Waals surface area contributed by atoms with Crippen LogP contribution in [0.25, 0.3) is 0 Å². The van der Waals surface area contributed by atoms with Gasteiger partial charge in [-0.3, -0.25) is 4.79 Å². The van der Waals surface area contributed by atoms with Gasteiger partial charge in [0, 0.05) is 17.3 Å². The predicted octanol–water partition coefficient (Wildman–Crippen LogP) is 1.35. The summed E-state index contributed by atoms with van der Waals surface area (Å²) >= 11 is 0. The van der Waals surface area contributed by atoms with E-state index in [1.54, 1.807) is 32.4 Å². The fourth-order valence-corrected chi connectivity index (χ4v) is 1.72. The van der Waals surface area contributed by atoms with Crippen LogP contribution in [0.5, 0.6) is 11.5 Å². The molecule has 0 saturated carbocycles. The Bertz CT molecular complexity index is 550. The topological polar surface area (TPSA) is 98.0 Å². The van der Waals surface area contributed by atoms with Crippen molar-refractivity contribution < 1.29 is 14.3 Å². The first-order valence-electron chi connectivity index (χ1n) is 6.85. The van der Waals surface area contributed by atoms with Crippen molar-refractivity contribution >= 4 is 17.6 Å². The normalized spacial score (nSPS) is 11.8. The van der Waals surface area contributed by atoms with Gasteiger partial charge in [-0.1, -0.05) is 0 Å². The highest BCUT2D eigenvalue weighted by atomic mass is 16.5. The van der Waals surface area contributed by atoms with E-state index in [0.717, 1.165) is 0 Å². The minimum absolute atomic E-state index is 0.0383. The summed E-state index contributed by atoms with van der Waals surface area (Å²) in [6.07, 6.45) is 0. The molecule has 7 nitrogen and oxygen atoms in total. The van der Waals surface area contributed by atoms with Crippen molar-refractivity contribution in [1.29, 1.82) is 0 Å². The summed E-state index contributed by atoms with van der Waals surface area (Å²) in [6.45, 7) is 5.67. The number of ether oxygens (including phenoxy) is 2. The van der Waals surface area contributed by atoms with Crippen LogP contribution < -0.4 is 25.8 Å². The van der Waals surface area contributed by atoms with Crippen molar-refractivity contribution in [3.63, 3.8) is 0 Å². The van der Waals surface area contributed by atoms with Gasteiger partial charge >= 0.3 is 0 Å². The van der Waals surface area contributed by atoms with E-state index < -0.39 is 0 Å². The van der Waals surface area contributed by atoms with E-state index >= 15 is 0 Å². The van der Waals surface area contributed by atoms with Crippen LogP contribution in [0.3, 0.4) is 0 Å². The fraction of sp³-hybridized carbons (Fsp3) is 0.467. The Kier molecular flexibility index (Phi) is 6.03. The summed E-state index contributed by atoms with van der Waals surface area (Å²) in [6, 6.07) is 5.26. The van der Waals surface area contributed by atoms with Gasteiger partial charge in [-0.15, -0.1) is 0 Å². The van der Waals surface area contributed by atoms with Gasteiger partial charge in [-0.25, -0.2) is 4.99 Å². The number of carbonyl (C=O) groups excluding carboxylic acids is 1. The van der Waals surface area contributed by atoms with E-state index in [0.29, 0.717) is 17.2 Å². The molecule has 0 aliphatic carbocycles. The number of aliphatic imine (C=N–C) groups is 1. The van der Waals surface area contributed by atoms with Crippen LogP contribution in [0.15, 0.2) is 23.2 Å². The molecule has 0 saturated heterocycles. The Balaban J connectivity index is 2.66. The Morgan fingerprint density at radius 3 is 2.41 bits per heavy atom. The molecule has 1 aromatic carbocycles. The number of nitrogens with zero attached hydrogens (tertiary/aromatic N) is 1. The Morgan fingerprint density at radius 2 is 1.86 bits per heavy atom. The monoisotopic (exact) mass is 308 g/mol. The largest absolute Gasteiger partial charge is 0.493 e. The van der Waals surface area contributed by atoms with Crippen molar-refractivity contribution in [1.82, 2.24) is 5.32 Å². The molecule has 1 rings (SSSR count). The summed E-state index contributed by atoms with van der Waals surface area (Å²) in [7, 11) is 3.12. The average Bonchev–Trinajstić information content (AvgIpc) is 2.43. The first-order chi connectivity index (χ1) is 10.2. The molecule has 22 heavy (non-hydrogen) atoms. The van der Waals surface area contributed by atoms with E-state index in [9.17, 15) is 4.79 Å². The highest BCUT2D eigenvalue weighted by Crippen LogP contribution is 2.29. The average molecular weight is 308 g/mol. The first kappa shape index (κ1) is 17.6.